The molecule has 8 heteroatoms. The third kappa shape index (κ3) is 26.9. The van der Waals surface area contributed by atoms with E-state index in [1.165, 1.54) is 96.3 Å². The maximum Gasteiger partial charge on any atom is 0.305 e. The first-order chi connectivity index (χ1) is 25.3. The van der Waals surface area contributed by atoms with Gasteiger partial charge in [0.15, 0.2) is 0 Å². The van der Waals surface area contributed by atoms with Gasteiger partial charge in [0.1, 0.15) is 25.1 Å². The van der Waals surface area contributed by atoms with Crippen molar-refractivity contribution in [3.8, 4) is 0 Å². The van der Waals surface area contributed by atoms with Crippen molar-refractivity contribution >= 4 is 17.7 Å². The largest absolute Gasteiger partial charge is 0.463 e. The van der Waals surface area contributed by atoms with Gasteiger partial charge < -0.3 is 24.8 Å². The molecule has 0 aromatic rings. The summed E-state index contributed by atoms with van der Waals surface area (Å²) in [4.78, 5) is 36.6. The fraction of sp³-hybridized carbons (Fsp3) is 0.886. The minimum absolute atomic E-state index is 0.0370. The summed E-state index contributed by atoms with van der Waals surface area (Å²) in [6, 6.07) is 0. The van der Waals surface area contributed by atoms with Crippen LogP contribution in [-0.2, 0) is 23.9 Å². The Kier molecular flexibility index (Phi) is 31.3. The van der Waals surface area contributed by atoms with Gasteiger partial charge in [-0.25, -0.2) is 0 Å². The maximum absolute atomic E-state index is 12.4. The zero-order chi connectivity index (χ0) is 38.1. The van der Waals surface area contributed by atoms with E-state index in [4.69, 9.17) is 9.47 Å². The number of hydrogen-bond acceptors (Lipinski definition) is 8. The molecule has 0 spiro atoms. The molecule has 0 saturated heterocycles. The standard InChI is InChI=1S/C44H80O8/c1-3-5-7-8-9-10-11-12-13-14-15-16-17-18-19-20-21-26-30-43(49)51-35-38(46)36-52-44(50)31-27-23-22-25-29-39-40(42(48)34-41(39)47)33-32-37(45)28-24-6-4-2/h32-33,37-41,45-47H,3-31,34-36H2,1-2H3/b33-32+/t37-,38-,39+,40+,41-/m0/s1. The fourth-order valence-corrected chi connectivity index (χ4v) is 7.29. The molecule has 8 nitrogen and oxygen atoms in total. The van der Waals surface area contributed by atoms with Crippen molar-refractivity contribution < 1.29 is 39.2 Å². The molecule has 0 bridgehead atoms. The summed E-state index contributed by atoms with van der Waals surface area (Å²) in [6.07, 6.45) is 33.2. The molecule has 0 unspecified atom stereocenters. The summed E-state index contributed by atoms with van der Waals surface area (Å²) in [6.45, 7) is 4.03. The summed E-state index contributed by atoms with van der Waals surface area (Å²) in [5, 5.41) is 30.7. The molecule has 0 radical (unpaired) electrons. The van der Waals surface area contributed by atoms with Crippen molar-refractivity contribution in [2.24, 2.45) is 11.8 Å². The van der Waals surface area contributed by atoms with Crippen LogP contribution in [0.1, 0.15) is 206 Å². The second-order valence-electron chi connectivity index (χ2n) is 15.6. The first kappa shape index (κ1) is 48.2. The first-order valence-electron chi connectivity index (χ1n) is 21.8. The van der Waals surface area contributed by atoms with Gasteiger partial charge in [0.2, 0.25) is 0 Å². The molecule has 0 heterocycles. The Hall–Kier alpha value is -1.77. The van der Waals surface area contributed by atoms with Crippen molar-refractivity contribution in [1.82, 2.24) is 0 Å². The van der Waals surface area contributed by atoms with Gasteiger partial charge in [0.25, 0.3) is 0 Å². The molecule has 52 heavy (non-hydrogen) atoms. The van der Waals surface area contributed by atoms with Crippen LogP contribution in [0.5, 0.6) is 0 Å². The van der Waals surface area contributed by atoms with E-state index in [1.54, 1.807) is 12.2 Å². The Labute approximate surface area is 318 Å². The second-order valence-corrected chi connectivity index (χ2v) is 15.6. The van der Waals surface area contributed by atoms with Crippen LogP contribution < -0.4 is 0 Å². The van der Waals surface area contributed by atoms with Gasteiger partial charge in [-0.2, -0.15) is 0 Å². The lowest BCUT2D eigenvalue weighted by atomic mass is 9.88. The molecular weight excluding hydrogens is 656 g/mol. The molecule has 0 aromatic heterocycles. The van der Waals surface area contributed by atoms with Gasteiger partial charge in [0, 0.05) is 25.2 Å². The predicted molar refractivity (Wildman–Crippen MR) is 211 cm³/mol. The van der Waals surface area contributed by atoms with Crippen molar-refractivity contribution in [1.29, 1.82) is 0 Å². The zero-order valence-electron chi connectivity index (χ0n) is 33.6. The zero-order valence-corrected chi connectivity index (χ0v) is 33.6. The number of rotatable bonds is 36. The molecule has 1 aliphatic rings. The molecule has 0 amide bonds. The van der Waals surface area contributed by atoms with Crippen LogP contribution in [0.15, 0.2) is 12.2 Å². The Morgan fingerprint density at radius 1 is 0.635 bits per heavy atom. The number of carbonyl (C=O) groups excluding carboxylic acids is 3. The minimum Gasteiger partial charge on any atom is -0.463 e. The molecule has 304 valence electrons. The summed E-state index contributed by atoms with van der Waals surface area (Å²) >= 11 is 0. The molecule has 1 fully saturated rings. The monoisotopic (exact) mass is 737 g/mol. The van der Waals surface area contributed by atoms with Crippen LogP contribution in [0.4, 0.5) is 0 Å². The molecule has 1 rings (SSSR count). The lowest BCUT2D eigenvalue weighted by Gasteiger charge is -2.19. The molecule has 0 aliphatic heterocycles. The molecule has 3 N–H and O–H groups in total. The summed E-state index contributed by atoms with van der Waals surface area (Å²) in [7, 11) is 0. The number of Topliss-reactive ketones (excluding diaryl/α,β-unsaturated/α-hetero) is 1. The quantitative estimate of drug-likeness (QED) is 0.0329. The van der Waals surface area contributed by atoms with Gasteiger partial charge in [-0.3, -0.25) is 14.4 Å². The van der Waals surface area contributed by atoms with Gasteiger partial charge in [0.05, 0.1) is 12.2 Å². The van der Waals surface area contributed by atoms with E-state index < -0.39 is 18.3 Å². The molecule has 1 saturated carbocycles. The first-order valence-corrected chi connectivity index (χ1v) is 21.8. The number of aliphatic hydroxyl groups is 3. The van der Waals surface area contributed by atoms with Crippen LogP contribution in [0.25, 0.3) is 0 Å². The van der Waals surface area contributed by atoms with Crippen molar-refractivity contribution in [3.05, 3.63) is 12.2 Å². The van der Waals surface area contributed by atoms with Crippen LogP contribution >= 0.6 is 0 Å². The van der Waals surface area contributed by atoms with Crippen molar-refractivity contribution in [2.75, 3.05) is 13.2 Å². The van der Waals surface area contributed by atoms with Crippen LogP contribution in [-0.4, -0.2) is 64.6 Å². The van der Waals surface area contributed by atoms with Gasteiger partial charge in [-0.15, -0.1) is 0 Å². The lowest BCUT2D eigenvalue weighted by molar-refractivity contribution is -0.152. The van der Waals surface area contributed by atoms with Gasteiger partial charge in [-0.05, 0) is 31.6 Å². The third-order valence-electron chi connectivity index (χ3n) is 10.7. The van der Waals surface area contributed by atoms with E-state index >= 15 is 0 Å². The maximum atomic E-state index is 12.4. The fourth-order valence-electron chi connectivity index (χ4n) is 7.29. The Balaban J connectivity index is 1.96. The Morgan fingerprint density at radius 3 is 1.50 bits per heavy atom. The van der Waals surface area contributed by atoms with E-state index in [-0.39, 0.29) is 55.6 Å². The van der Waals surface area contributed by atoms with Gasteiger partial charge >= 0.3 is 11.9 Å². The SMILES string of the molecule is CCCCCCCCCCCCCCCCCCCCC(=O)OC[C@H](O)COC(=O)CCCCCC[C@H]1[C@@H](O)CC(=O)[C@@H]1/C=C/[C@@H](O)CCCCC. The van der Waals surface area contributed by atoms with Crippen molar-refractivity contribution in [2.45, 2.75) is 225 Å². The molecule has 0 aromatic carbocycles. The highest BCUT2D eigenvalue weighted by Crippen LogP contribution is 2.34. The Morgan fingerprint density at radius 2 is 1.04 bits per heavy atom. The molecular formula is C44H80O8. The number of esters is 2. The van der Waals surface area contributed by atoms with E-state index in [0.717, 1.165) is 64.2 Å². The number of carbonyl (C=O) groups is 3. The van der Waals surface area contributed by atoms with E-state index in [2.05, 4.69) is 13.8 Å². The van der Waals surface area contributed by atoms with Crippen LogP contribution in [0.3, 0.4) is 0 Å². The molecule has 1 aliphatic carbocycles. The summed E-state index contributed by atoms with van der Waals surface area (Å²) in [5.74, 6) is -1.14. The smallest absolute Gasteiger partial charge is 0.305 e. The van der Waals surface area contributed by atoms with E-state index in [9.17, 15) is 29.7 Å². The number of ketones is 1. The Bertz CT molecular complexity index is 905. The number of hydrogen-bond donors (Lipinski definition) is 3. The van der Waals surface area contributed by atoms with Crippen LogP contribution in [0, 0.1) is 11.8 Å². The number of ether oxygens (including phenoxy) is 2. The highest BCUT2D eigenvalue weighted by molar-refractivity contribution is 5.86. The number of aliphatic hydroxyl groups excluding tert-OH is 3. The number of allylic oxidation sites excluding steroid dienone is 1. The van der Waals surface area contributed by atoms with E-state index in [0.29, 0.717) is 19.3 Å². The van der Waals surface area contributed by atoms with Crippen LogP contribution in [0.2, 0.25) is 0 Å². The highest BCUT2D eigenvalue weighted by Gasteiger charge is 2.39. The average Bonchev–Trinajstić information content (AvgIpc) is 3.40. The normalized spacial score (nSPS) is 18.6. The lowest BCUT2D eigenvalue weighted by Crippen LogP contribution is -2.25. The molecule has 5 atom stereocenters. The number of unbranched alkanes of at least 4 members (excludes halogenated alkanes) is 22. The van der Waals surface area contributed by atoms with Gasteiger partial charge in [-0.1, -0.05) is 174 Å². The van der Waals surface area contributed by atoms with E-state index in [1.807, 2.05) is 0 Å². The van der Waals surface area contributed by atoms with Crippen molar-refractivity contribution in [3.63, 3.8) is 0 Å². The average molecular weight is 737 g/mol. The predicted octanol–water partition coefficient (Wildman–Crippen LogP) is 10.3. The minimum atomic E-state index is -1.03. The highest BCUT2D eigenvalue weighted by atomic mass is 16.6. The topological polar surface area (TPSA) is 130 Å². The summed E-state index contributed by atoms with van der Waals surface area (Å²) < 4.78 is 10.3. The third-order valence-corrected chi connectivity index (χ3v) is 10.7. The summed E-state index contributed by atoms with van der Waals surface area (Å²) in [5.41, 5.74) is 0. The second kappa shape index (κ2) is 33.8.